The Labute approximate surface area is 131 Å². The molecule has 0 spiro atoms. The fourth-order valence-corrected chi connectivity index (χ4v) is 2.81. The number of rotatable bonds is 5. The molecule has 0 saturated carbocycles. The maximum atomic E-state index is 12.0. The first kappa shape index (κ1) is 16.5. The second kappa shape index (κ2) is 7.94. The zero-order valence-corrected chi connectivity index (χ0v) is 13.3. The van der Waals surface area contributed by atoms with Crippen LogP contribution in [0.25, 0.3) is 0 Å². The summed E-state index contributed by atoms with van der Waals surface area (Å²) >= 11 is 0. The number of hydrogen-bond acceptors (Lipinski definition) is 4. The van der Waals surface area contributed by atoms with E-state index in [9.17, 15) is 9.59 Å². The minimum atomic E-state index is -0.404. The summed E-state index contributed by atoms with van der Waals surface area (Å²) < 4.78 is 4.67. The van der Waals surface area contributed by atoms with Crippen molar-refractivity contribution >= 4 is 17.6 Å². The monoisotopic (exact) mass is 304 g/mol. The molecule has 1 N–H and O–H groups in total. The number of esters is 1. The van der Waals surface area contributed by atoms with E-state index in [0.717, 1.165) is 19.6 Å². The van der Waals surface area contributed by atoms with Crippen LogP contribution >= 0.6 is 0 Å². The predicted molar refractivity (Wildman–Crippen MR) is 85.9 cm³/mol. The van der Waals surface area contributed by atoms with Crippen molar-refractivity contribution in [2.75, 3.05) is 32.1 Å². The van der Waals surface area contributed by atoms with Gasteiger partial charge in [0, 0.05) is 25.2 Å². The maximum Gasteiger partial charge on any atom is 0.337 e. The van der Waals surface area contributed by atoms with E-state index in [1.165, 1.54) is 20.0 Å². The predicted octanol–water partition coefficient (Wildman–Crippen LogP) is 2.53. The van der Waals surface area contributed by atoms with E-state index in [-0.39, 0.29) is 5.91 Å². The van der Waals surface area contributed by atoms with Gasteiger partial charge in [0.25, 0.3) is 0 Å². The molecule has 1 aliphatic heterocycles. The number of amides is 1. The molecule has 1 aromatic carbocycles. The highest BCUT2D eigenvalue weighted by atomic mass is 16.5. The summed E-state index contributed by atoms with van der Waals surface area (Å²) in [5, 5.41) is 2.84. The lowest BCUT2D eigenvalue weighted by Crippen LogP contribution is -2.36. The second-order valence-electron chi connectivity index (χ2n) is 5.92. The van der Waals surface area contributed by atoms with E-state index >= 15 is 0 Å². The maximum absolute atomic E-state index is 12.0. The van der Waals surface area contributed by atoms with Crippen LogP contribution in [0.3, 0.4) is 0 Å². The van der Waals surface area contributed by atoms with E-state index in [1.807, 2.05) is 0 Å². The van der Waals surface area contributed by atoms with Crippen molar-refractivity contribution < 1.29 is 14.3 Å². The van der Waals surface area contributed by atoms with E-state index in [0.29, 0.717) is 23.6 Å². The van der Waals surface area contributed by atoms with Gasteiger partial charge in [-0.1, -0.05) is 13.0 Å². The van der Waals surface area contributed by atoms with Gasteiger partial charge in [-0.05, 0) is 43.5 Å². The number of nitrogens with one attached hydrogen (secondary N) is 1. The summed E-state index contributed by atoms with van der Waals surface area (Å²) in [6.07, 6.45) is 2.96. The van der Waals surface area contributed by atoms with Gasteiger partial charge >= 0.3 is 5.97 Å². The molecule has 1 atom stereocenters. The molecule has 0 radical (unpaired) electrons. The SMILES string of the molecule is COC(=O)c1cccc(NC(=O)CCN2CCCC(C)C2)c1. The largest absolute Gasteiger partial charge is 0.465 e. The molecule has 1 aromatic rings. The van der Waals surface area contributed by atoms with Crippen LogP contribution < -0.4 is 5.32 Å². The van der Waals surface area contributed by atoms with Crippen molar-refractivity contribution in [1.29, 1.82) is 0 Å². The van der Waals surface area contributed by atoms with Crippen LogP contribution in [0.2, 0.25) is 0 Å². The lowest BCUT2D eigenvalue weighted by molar-refractivity contribution is -0.116. The third-order valence-corrected chi connectivity index (χ3v) is 3.96. The Kier molecular flexibility index (Phi) is 5.95. The van der Waals surface area contributed by atoms with Gasteiger partial charge in [0.1, 0.15) is 0 Å². The van der Waals surface area contributed by atoms with Crippen LogP contribution in [-0.2, 0) is 9.53 Å². The smallest absolute Gasteiger partial charge is 0.337 e. The molecule has 5 nitrogen and oxygen atoms in total. The Morgan fingerprint density at radius 3 is 2.95 bits per heavy atom. The number of carbonyl (C=O) groups excluding carboxylic acids is 2. The normalized spacial score (nSPS) is 18.7. The molecule has 5 heteroatoms. The Morgan fingerprint density at radius 2 is 2.23 bits per heavy atom. The Morgan fingerprint density at radius 1 is 1.41 bits per heavy atom. The van der Waals surface area contributed by atoms with Crippen molar-refractivity contribution in [1.82, 2.24) is 4.90 Å². The average molecular weight is 304 g/mol. The lowest BCUT2D eigenvalue weighted by atomic mass is 10.0. The zero-order chi connectivity index (χ0) is 15.9. The van der Waals surface area contributed by atoms with Crippen LogP contribution in [0.1, 0.15) is 36.5 Å². The number of hydrogen-bond donors (Lipinski definition) is 1. The molecule has 120 valence electrons. The first-order valence-corrected chi connectivity index (χ1v) is 7.79. The Hall–Kier alpha value is -1.88. The van der Waals surface area contributed by atoms with Gasteiger partial charge in [-0.15, -0.1) is 0 Å². The number of nitrogens with zero attached hydrogens (tertiary/aromatic N) is 1. The number of carbonyl (C=O) groups is 2. The van der Waals surface area contributed by atoms with Gasteiger partial charge in [-0.3, -0.25) is 4.79 Å². The summed E-state index contributed by atoms with van der Waals surface area (Å²) in [5.74, 6) is 0.284. The Bertz CT molecular complexity index is 530. The van der Waals surface area contributed by atoms with E-state index < -0.39 is 5.97 Å². The molecule has 1 unspecified atom stereocenters. The standard InChI is InChI=1S/C17H24N2O3/c1-13-5-4-9-19(12-13)10-8-16(20)18-15-7-3-6-14(11-15)17(21)22-2/h3,6-7,11,13H,4-5,8-10,12H2,1-2H3,(H,18,20). The van der Waals surface area contributed by atoms with Crippen molar-refractivity contribution in [3.63, 3.8) is 0 Å². The van der Waals surface area contributed by atoms with Crippen LogP contribution in [0.15, 0.2) is 24.3 Å². The molecule has 1 aliphatic rings. The van der Waals surface area contributed by atoms with E-state index in [2.05, 4.69) is 21.9 Å². The van der Waals surface area contributed by atoms with Crippen molar-refractivity contribution in [3.05, 3.63) is 29.8 Å². The number of methoxy groups -OCH3 is 1. The molecular formula is C17H24N2O3. The molecule has 0 aromatic heterocycles. The summed E-state index contributed by atoms with van der Waals surface area (Å²) in [5.41, 5.74) is 1.06. The fraction of sp³-hybridized carbons (Fsp3) is 0.529. The van der Waals surface area contributed by atoms with Gasteiger partial charge in [0.2, 0.25) is 5.91 Å². The van der Waals surface area contributed by atoms with Gasteiger partial charge in [-0.2, -0.15) is 0 Å². The van der Waals surface area contributed by atoms with E-state index in [4.69, 9.17) is 0 Å². The number of benzene rings is 1. The minimum absolute atomic E-state index is 0.0276. The van der Waals surface area contributed by atoms with Crippen LogP contribution in [-0.4, -0.2) is 43.5 Å². The van der Waals surface area contributed by atoms with Crippen LogP contribution in [0, 0.1) is 5.92 Å². The third-order valence-electron chi connectivity index (χ3n) is 3.96. The first-order chi connectivity index (χ1) is 10.6. The van der Waals surface area contributed by atoms with E-state index in [1.54, 1.807) is 24.3 Å². The number of ether oxygens (including phenoxy) is 1. The van der Waals surface area contributed by atoms with Crippen molar-refractivity contribution in [3.8, 4) is 0 Å². The number of likely N-dealkylation sites (tertiary alicyclic amines) is 1. The summed E-state index contributed by atoms with van der Waals surface area (Å²) in [6.45, 7) is 5.19. The minimum Gasteiger partial charge on any atom is -0.465 e. The summed E-state index contributed by atoms with van der Waals surface area (Å²) in [7, 11) is 1.34. The summed E-state index contributed by atoms with van der Waals surface area (Å²) in [6, 6.07) is 6.80. The second-order valence-corrected chi connectivity index (χ2v) is 5.92. The topological polar surface area (TPSA) is 58.6 Å². The molecular weight excluding hydrogens is 280 g/mol. The highest BCUT2D eigenvalue weighted by Crippen LogP contribution is 2.16. The first-order valence-electron chi connectivity index (χ1n) is 7.79. The van der Waals surface area contributed by atoms with Crippen LogP contribution in [0.5, 0.6) is 0 Å². The van der Waals surface area contributed by atoms with Gasteiger partial charge in [0.15, 0.2) is 0 Å². The van der Waals surface area contributed by atoms with Crippen molar-refractivity contribution in [2.24, 2.45) is 5.92 Å². The molecule has 22 heavy (non-hydrogen) atoms. The molecule has 2 rings (SSSR count). The van der Waals surface area contributed by atoms with Gasteiger partial charge < -0.3 is 15.0 Å². The highest BCUT2D eigenvalue weighted by Gasteiger charge is 2.17. The fourth-order valence-electron chi connectivity index (χ4n) is 2.81. The average Bonchev–Trinajstić information content (AvgIpc) is 2.52. The van der Waals surface area contributed by atoms with Crippen LogP contribution in [0.4, 0.5) is 5.69 Å². The zero-order valence-electron chi connectivity index (χ0n) is 13.3. The van der Waals surface area contributed by atoms with Gasteiger partial charge in [0.05, 0.1) is 12.7 Å². The molecule has 1 amide bonds. The number of anilines is 1. The highest BCUT2D eigenvalue weighted by molar-refractivity contribution is 5.94. The quantitative estimate of drug-likeness (QED) is 0.849. The molecule has 0 bridgehead atoms. The third kappa shape index (κ3) is 4.84. The van der Waals surface area contributed by atoms with Crippen molar-refractivity contribution in [2.45, 2.75) is 26.2 Å². The molecule has 1 fully saturated rings. The van der Waals surface area contributed by atoms with Gasteiger partial charge in [-0.25, -0.2) is 4.79 Å². The molecule has 0 aliphatic carbocycles. The number of piperidine rings is 1. The molecule has 1 heterocycles. The lowest BCUT2D eigenvalue weighted by Gasteiger charge is -2.30. The Balaban J connectivity index is 1.83. The molecule has 1 saturated heterocycles. The summed E-state index contributed by atoms with van der Waals surface area (Å²) in [4.78, 5) is 25.9.